The quantitative estimate of drug-likeness (QED) is 0.620. The van der Waals surface area contributed by atoms with E-state index < -0.39 is 4.92 Å². The number of carbonyl (C=O) groups excluding carboxylic acids is 1. The topological polar surface area (TPSA) is 93.5 Å². The molecule has 1 amide bonds. The van der Waals surface area contributed by atoms with Crippen molar-refractivity contribution in [2.24, 2.45) is 0 Å². The molecule has 21 heavy (non-hydrogen) atoms. The zero-order valence-electron chi connectivity index (χ0n) is 12.7. The molecule has 0 saturated carbocycles. The van der Waals surface area contributed by atoms with Crippen LogP contribution in [0.3, 0.4) is 0 Å². The van der Waals surface area contributed by atoms with Gasteiger partial charge in [-0.3, -0.25) is 14.9 Å². The van der Waals surface area contributed by atoms with Crippen molar-refractivity contribution >= 4 is 17.3 Å². The lowest BCUT2D eigenvalue weighted by Crippen LogP contribution is -2.37. The van der Waals surface area contributed by atoms with Crippen molar-refractivity contribution in [3.8, 4) is 5.75 Å². The van der Waals surface area contributed by atoms with Gasteiger partial charge in [-0.2, -0.15) is 0 Å². The molecule has 0 aliphatic carbocycles. The fraction of sp³-hybridized carbons (Fsp3) is 0.500. The van der Waals surface area contributed by atoms with Crippen LogP contribution in [0.15, 0.2) is 18.2 Å². The highest BCUT2D eigenvalue weighted by molar-refractivity contribution is 5.92. The standard InChI is InChI=1S/C14H21N3O4/c1-14(2,3)15-8-7-13(18)16-11-6-5-10(17(19)20)9-12(11)21-4/h5-6,9,15H,7-8H2,1-4H3,(H,16,18). The Kier molecular flexibility index (Phi) is 5.66. The summed E-state index contributed by atoms with van der Waals surface area (Å²) in [5.41, 5.74) is 0.286. The highest BCUT2D eigenvalue weighted by Gasteiger charge is 2.14. The normalized spacial score (nSPS) is 11.0. The lowest BCUT2D eigenvalue weighted by Gasteiger charge is -2.20. The second kappa shape index (κ2) is 7.03. The summed E-state index contributed by atoms with van der Waals surface area (Å²) in [7, 11) is 1.40. The fourth-order valence-electron chi connectivity index (χ4n) is 1.66. The van der Waals surface area contributed by atoms with Crippen molar-refractivity contribution in [1.29, 1.82) is 0 Å². The van der Waals surface area contributed by atoms with Gasteiger partial charge in [-0.25, -0.2) is 0 Å². The molecule has 0 bridgehead atoms. The summed E-state index contributed by atoms with van der Waals surface area (Å²) in [6.45, 7) is 6.60. The predicted molar refractivity (Wildman–Crippen MR) is 80.7 cm³/mol. The summed E-state index contributed by atoms with van der Waals surface area (Å²) in [6.07, 6.45) is 0.303. The molecule has 0 radical (unpaired) electrons. The Morgan fingerprint density at radius 3 is 2.57 bits per heavy atom. The predicted octanol–water partition coefficient (Wildman–Crippen LogP) is 2.32. The highest BCUT2D eigenvalue weighted by Crippen LogP contribution is 2.28. The molecule has 0 fully saturated rings. The van der Waals surface area contributed by atoms with Gasteiger partial charge in [0.1, 0.15) is 5.75 Å². The van der Waals surface area contributed by atoms with E-state index in [0.29, 0.717) is 18.7 Å². The maximum Gasteiger partial charge on any atom is 0.273 e. The van der Waals surface area contributed by atoms with Crippen LogP contribution in [0, 0.1) is 10.1 Å². The van der Waals surface area contributed by atoms with E-state index in [2.05, 4.69) is 10.6 Å². The monoisotopic (exact) mass is 295 g/mol. The van der Waals surface area contributed by atoms with Crippen LogP contribution in [0.5, 0.6) is 5.75 Å². The van der Waals surface area contributed by atoms with Crippen LogP contribution in [0.2, 0.25) is 0 Å². The van der Waals surface area contributed by atoms with Crippen LogP contribution in [-0.4, -0.2) is 30.0 Å². The van der Waals surface area contributed by atoms with Crippen LogP contribution < -0.4 is 15.4 Å². The zero-order chi connectivity index (χ0) is 16.0. The fourth-order valence-corrected chi connectivity index (χ4v) is 1.66. The first-order valence-electron chi connectivity index (χ1n) is 6.60. The molecule has 7 heteroatoms. The number of nitrogens with zero attached hydrogens (tertiary/aromatic N) is 1. The van der Waals surface area contributed by atoms with Crippen LogP contribution in [0.1, 0.15) is 27.2 Å². The number of amides is 1. The maximum absolute atomic E-state index is 11.8. The first-order chi connectivity index (χ1) is 9.73. The van der Waals surface area contributed by atoms with Crippen molar-refractivity contribution in [3.63, 3.8) is 0 Å². The van der Waals surface area contributed by atoms with E-state index >= 15 is 0 Å². The van der Waals surface area contributed by atoms with Gasteiger partial charge in [-0.1, -0.05) is 0 Å². The molecule has 0 aliphatic rings. The zero-order valence-corrected chi connectivity index (χ0v) is 12.7. The average Bonchev–Trinajstić information content (AvgIpc) is 2.37. The molecule has 0 aliphatic heterocycles. The van der Waals surface area contributed by atoms with E-state index in [1.165, 1.54) is 25.3 Å². The summed E-state index contributed by atoms with van der Waals surface area (Å²) in [5.74, 6) is 0.0835. The Balaban J connectivity index is 2.65. The highest BCUT2D eigenvalue weighted by atomic mass is 16.6. The Labute approximate surface area is 123 Å². The van der Waals surface area contributed by atoms with Gasteiger partial charge >= 0.3 is 0 Å². The number of carbonyl (C=O) groups is 1. The Morgan fingerprint density at radius 1 is 1.38 bits per heavy atom. The Morgan fingerprint density at radius 2 is 2.05 bits per heavy atom. The van der Waals surface area contributed by atoms with Gasteiger partial charge in [0.25, 0.3) is 5.69 Å². The number of rotatable bonds is 6. The van der Waals surface area contributed by atoms with Crippen molar-refractivity contribution < 1.29 is 14.5 Å². The van der Waals surface area contributed by atoms with Crippen molar-refractivity contribution in [2.75, 3.05) is 19.0 Å². The largest absolute Gasteiger partial charge is 0.494 e. The van der Waals surface area contributed by atoms with Crippen LogP contribution in [0.4, 0.5) is 11.4 Å². The number of nitro groups is 1. The molecule has 7 nitrogen and oxygen atoms in total. The molecule has 0 aromatic heterocycles. The number of hydrogen-bond acceptors (Lipinski definition) is 5. The molecule has 0 spiro atoms. The molecule has 0 atom stereocenters. The minimum Gasteiger partial charge on any atom is -0.494 e. The molecule has 1 aromatic rings. The van der Waals surface area contributed by atoms with E-state index in [9.17, 15) is 14.9 Å². The van der Waals surface area contributed by atoms with Gasteiger partial charge in [0.2, 0.25) is 5.91 Å². The lowest BCUT2D eigenvalue weighted by molar-refractivity contribution is -0.384. The second-order valence-electron chi connectivity index (χ2n) is 5.62. The minimum absolute atomic E-state index is 0.0503. The van der Waals surface area contributed by atoms with Gasteiger partial charge in [-0.15, -0.1) is 0 Å². The molecule has 2 N–H and O–H groups in total. The molecule has 1 aromatic carbocycles. The van der Waals surface area contributed by atoms with E-state index in [1.807, 2.05) is 20.8 Å². The number of hydrogen-bond donors (Lipinski definition) is 2. The minimum atomic E-state index is -0.513. The van der Waals surface area contributed by atoms with E-state index in [4.69, 9.17) is 4.74 Å². The smallest absolute Gasteiger partial charge is 0.273 e. The molecular formula is C14H21N3O4. The molecule has 0 saturated heterocycles. The summed E-state index contributed by atoms with van der Waals surface area (Å²) in [4.78, 5) is 22.0. The first-order valence-corrected chi connectivity index (χ1v) is 6.60. The molecule has 0 unspecified atom stereocenters. The summed E-state index contributed by atoms with van der Waals surface area (Å²) < 4.78 is 5.06. The van der Waals surface area contributed by atoms with Gasteiger partial charge in [0.05, 0.1) is 23.8 Å². The first kappa shape index (κ1) is 16.9. The van der Waals surface area contributed by atoms with Crippen LogP contribution in [-0.2, 0) is 4.79 Å². The summed E-state index contributed by atoms with van der Waals surface area (Å²) in [5, 5.41) is 16.6. The van der Waals surface area contributed by atoms with Crippen molar-refractivity contribution in [2.45, 2.75) is 32.7 Å². The molecule has 1 rings (SSSR count). The van der Waals surface area contributed by atoms with E-state index in [0.717, 1.165) is 0 Å². The summed E-state index contributed by atoms with van der Waals surface area (Å²) in [6, 6.07) is 4.07. The van der Waals surface area contributed by atoms with Crippen molar-refractivity contribution in [3.05, 3.63) is 28.3 Å². The molecule has 0 heterocycles. The van der Waals surface area contributed by atoms with Gasteiger partial charge in [0, 0.05) is 24.6 Å². The van der Waals surface area contributed by atoms with Gasteiger partial charge in [-0.05, 0) is 26.8 Å². The SMILES string of the molecule is COc1cc([N+](=O)[O-])ccc1NC(=O)CCNC(C)(C)C. The van der Waals surface area contributed by atoms with E-state index in [-0.39, 0.29) is 22.9 Å². The Bertz CT molecular complexity index is 523. The number of nitrogens with one attached hydrogen (secondary N) is 2. The third-order valence-corrected chi connectivity index (χ3v) is 2.68. The third kappa shape index (κ3) is 5.78. The molecular weight excluding hydrogens is 274 g/mol. The average molecular weight is 295 g/mol. The van der Waals surface area contributed by atoms with Gasteiger partial charge in [0.15, 0.2) is 0 Å². The maximum atomic E-state index is 11.8. The Hall–Kier alpha value is -2.15. The summed E-state index contributed by atoms with van der Waals surface area (Å²) >= 11 is 0. The van der Waals surface area contributed by atoms with Crippen LogP contribution in [0.25, 0.3) is 0 Å². The van der Waals surface area contributed by atoms with E-state index in [1.54, 1.807) is 0 Å². The number of methoxy groups -OCH3 is 1. The van der Waals surface area contributed by atoms with Crippen molar-refractivity contribution in [1.82, 2.24) is 5.32 Å². The number of nitro benzene ring substituents is 1. The van der Waals surface area contributed by atoms with Gasteiger partial charge < -0.3 is 15.4 Å². The number of ether oxygens (including phenoxy) is 1. The number of non-ortho nitro benzene ring substituents is 1. The lowest BCUT2D eigenvalue weighted by atomic mass is 10.1. The third-order valence-electron chi connectivity index (χ3n) is 2.68. The second-order valence-corrected chi connectivity index (χ2v) is 5.62. The number of anilines is 1. The molecule has 116 valence electrons. The van der Waals surface area contributed by atoms with Crippen LogP contribution >= 0.6 is 0 Å². The number of benzene rings is 1.